The maximum Gasteiger partial charge on any atom is 0.253 e. The molecule has 1 heterocycles. The van der Waals surface area contributed by atoms with E-state index in [1.165, 1.54) is 0 Å². The predicted octanol–water partition coefficient (Wildman–Crippen LogP) is 3.56. The maximum atomic E-state index is 12.3. The van der Waals surface area contributed by atoms with E-state index in [0.29, 0.717) is 37.2 Å². The highest BCUT2D eigenvalue weighted by molar-refractivity contribution is 14.0. The zero-order chi connectivity index (χ0) is 22.8. The third-order valence-electron chi connectivity index (χ3n) is 5.05. The highest BCUT2D eigenvalue weighted by Gasteiger charge is 2.23. The molecule has 2 atom stereocenters. The normalized spacial score (nSPS) is 16.3. The number of para-hydroxylation sites is 2. The van der Waals surface area contributed by atoms with Crippen LogP contribution in [-0.2, 0) is 16.1 Å². The highest BCUT2D eigenvalue weighted by atomic mass is 127. The number of anilines is 1. The van der Waals surface area contributed by atoms with E-state index in [9.17, 15) is 4.79 Å². The quantitative estimate of drug-likeness (QED) is 0.244. The van der Waals surface area contributed by atoms with Gasteiger partial charge in [-0.3, -0.25) is 9.79 Å². The minimum Gasteiger partial charge on any atom is -0.493 e. The van der Waals surface area contributed by atoms with Crippen molar-refractivity contribution in [2.45, 2.75) is 38.5 Å². The monoisotopic (exact) mass is 568 g/mol. The second kappa shape index (κ2) is 13.9. The molecule has 0 aromatic heterocycles. The molecule has 8 nitrogen and oxygen atoms in total. The van der Waals surface area contributed by atoms with Crippen molar-refractivity contribution in [1.29, 1.82) is 0 Å². The Hall–Kier alpha value is -2.53. The van der Waals surface area contributed by atoms with Crippen molar-refractivity contribution in [2.75, 3.05) is 32.6 Å². The van der Waals surface area contributed by atoms with Gasteiger partial charge in [0.25, 0.3) is 5.91 Å². The molecule has 0 spiro atoms. The zero-order valence-corrected chi connectivity index (χ0v) is 21.6. The summed E-state index contributed by atoms with van der Waals surface area (Å²) in [5.41, 5.74) is 1.78. The number of benzene rings is 2. The first-order valence-electron chi connectivity index (χ1n) is 10.8. The first-order chi connectivity index (χ1) is 15.6. The van der Waals surface area contributed by atoms with Crippen LogP contribution >= 0.6 is 24.0 Å². The first-order valence-corrected chi connectivity index (χ1v) is 10.8. The Bertz CT molecular complexity index is 919. The summed E-state index contributed by atoms with van der Waals surface area (Å²) < 4.78 is 16.7. The molecular weight excluding hydrogens is 535 g/mol. The molecule has 0 bridgehead atoms. The van der Waals surface area contributed by atoms with Gasteiger partial charge in [0.1, 0.15) is 12.2 Å². The van der Waals surface area contributed by atoms with Crippen molar-refractivity contribution in [1.82, 2.24) is 10.6 Å². The first kappa shape index (κ1) is 26.7. The number of nitrogens with zero attached hydrogens (tertiary/aromatic N) is 1. The van der Waals surface area contributed by atoms with Crippen molar-refractivity contribution < 1.29 is 19.0 Å². The molecule has 1 aliphatic rings. The van der Waals surface area contributed by atoms with Crippen molar-refractivity contribution in [3.63, 3.8) is 0 Å². The van der Waals surface area contributed by atoms with Gasteiger partial charge in [0.2, 0.25) is 0 Å². The number of amides is 1. The molecule has 33 heavy (non-hydrogen) atoms. The van der Waals surface area contributed by atoms with E-state index in [4.69, 9.17) is 14.2 Å². The smallest absolute Gasteiger partial charge is 0.253 e. The van der Waals surface area contributed by atoms with Crippen LogP contribution in [0.25, 0.3) is 0 Å². The fourth-order valence-electron chi connectivity index (χ4n) is 3.39. The molecule has 2 aromatic rings. The van der Waals surface area contributed by atoms with E-state index in [-0.39, 0.29) is 42.1 Å². The Labute approximate surface area is 212 Å². The standard InChI is InChI=1S/C24H32N4O4.HI/c1-17(32-21-11-5-4-10-20(21)30-3)15-26-24(25-2)27-16-18-8-6-9-19(14-18)28-23(29)22-12-7-13-31-22;/h4-6,8-11,14,17,22H,7,12-13,15-16H2,1-3H3,(H,28,29)(H2,25,26,27);1H. The minimum absolute atomic E-state index is 0. The Balaban J connectivity index is 0.00000385. The third kappa shape index (κ3) is 8.39. The van der Waals surface area contributed by atoms with Crippen LogP contribution in [0, 0.1) is 0 Å². The summed E-state index contributed by atoms with van der Waals surface area (Å²) in [4.78, 5) is 16.5. The van der Waals surface area contributed by atoms with Crippen molar-refractivity contribution in [3.8, 4) is 11.5 Å². The molecule has 0 aliphatic carbocycles. The summed E-state index contributed by atoms with van der Waals surface area (Å²) in [6, 6.07) is 15.3. The SMILES string of the molecule is CN=C(NCc1cccc(NC(=O)C2CCCO2)c1)NCC(C)Oc1ccccc1OC.I. The molecule has 1 aliphatic heterocycles. The van der Waals surface area contributed by atoms with E-state index >= 15 is 0 Å². The average molecular weight is 568 g/mol. The lowest BCUT2D eigenvalue weighted by Gasteiger charge is -2.19. The van der Waals surface area contributed by atoms with E-state index in [1.54, 1.807) is 14.2 Å². The summed E-state index contributed by atoms with van der Waals surface area (Å²) in [5.74, 6) is 1.98. The van der Waals surface area contributed by atoms with Crippen LogP contribution in [0.5, 0.6) is 11.5 Å². The van der Waals surface area contributed by atoms with Crippen molar-refractivity contribution >= 4 is 41.5 Å². The summed E-state index contributed by atoms with van der Waals surface area (Å²) in [7, 11) is 3.35. The zero-order valence-electron chi connectivity index (χ0n) is 19.3. The number of carbonyl (C=O) groups excluding carboxylic acids is 1. The molecule has 2 unspecified atom stereocenters. The molecule has 9 heteroatoms. The van der Waals surface area contributed by atoms with Gasteiger partial charge in [0, 0.05) is 25.9 Å². The number of carbonyl (C=O) groups is 1. The molecule has 2 aromatic carbocycles. The summed E-state index contributed by atoms with van der Waals surface area (Å²) >= 11 is 0. The van der Waals surface area contributed by atoms with Gasteiger partial charge >= 0.3 is 0 Å². The van der Waals surface area contributed by atoms with Gasteiger partial charge in [-0.15, -0.1) is 24.0 Å². The third-order valence-corrected chi connectivity index (χ3v) is 5.05. The van der Waals surface area contributed by atoms with Gasteiger partial charge in [-0.1, -0.05) is 24.3 Å². The topological polar surface area (TPSA) is 93.2 Å². The van der Waals surface area contributed by atoms with Crippen LogP contribution in [0.15, 0.2) is 53.5 Å². The second-order valence-corrected chi connectivity index (χ2v) is 7.58. The maximum absolute atomic E-state index is 12.3. The predicted molar refractivity (Wildman–Crippen MR) is 141 cm³/mol. The van der Waals surface area contributed by atoms with E-state index in [0.717, 1.165) is 24.1 Å². The van der Waals surface area contributed by atoms with Gasteiger partial charge < -0.3 is 30.2 Å². The van der Waals surface area contributed by atoms with E-state index < -0.39 is 0 Å². The number of aliphatic imine (C=N–C) groups is 1. The van der Waals surface area contributed by atoms with Crippen LogP contribution < -0.4 is 25.4 Å². The molecule has 1 amide bonds. The number of ether oxygens (including phenoxy) is 3. The minimum atomic E-state index is -0.347. The number of guanidine groups is 1. The Morgan fingerprint density at radius 3 is 2.67 bits per heavy atom. The fourth-order valence-corrected chi connectivity index (χ4v) is 3.39. The molecule has 180 valence electrons. The van der Waals surface area contributed by atoms with Gasteiger partial charge in [-0.2, -0.15) is 0 Å². The van der Waals surface area contributed by atoms with E-state index in [2.05, 4.69) is 20.9 Å². The van der Waals surface area contributed by atoms with Crippen LogP contribution in [0.3, 0.4) is 0 Å². The van der Waals surface area contributed by atoms with Crippen LogP contribution in [-0.4, -0.2) is 51.4 Å². The molecule has 3 rings (SSSR count). The van der Waals surface area contributed by atoms with E-state index in [1.807, 2.05) is 55.5 Å². The summed E-state index contributed by atoms with van der Waals surface area (Å²) in [6.45, 7) is 3.75. The Kier molecular flexibility index (Phi) is 11.2. The largest absolute Gasteiger partial charge is 0.493 e. The summed E-state index contributed by atoms with van der Waals surface area (Å²) in [5, 5.41) is 9.49. The lowest BCUT2D eigenvalue weighted by atomic mass is 10.2. The van der Waals surface area contributed by atoms with Crippen LogP contribution in [0.2, 0.25) is 0 Å². The van der Waals surface area contributed by atoms with Crippen LogP contribution in [0.1, 0.15) is 25.3 Å². The Morgan fingerprint density at radius 1 is 1.18 bits per heavy atom. The number of halogens is 1. The summed E-state index contributed by atoms with van der Waals surface area (Å²) in [6.07, 6.45) is 1.26. The van der Waals surface area contributed by atoms with Gasteiger partial charge in [-0.25, -0.2) is 0 Å². The molecular formula is C24H33IN4O4. The molecule has 0 saturated carbocycles. The number of nitrogens with one attached hydrogen (secondary N) is 3. The number of rotatable bonds is 9. The molecule has 0 radical (unpaired) electrons. The van der Waals surface area contributed by atoms with Crippen molar-refractivity contribution in [3.05, 3.63) is 54.1 Å². The van der Waals surface area contributed by atoms with Crippen LogP contribution in [0.4, 0.5) is 5.69 Å². The van der Waals surface area contributed by atoms with Gasteiger partial charge in [0.05, 0.1) is 13.7 Å². The number of hydrogen-bond donors (Lipinski definition) is 3. The fraction of sp³-hybridized carbons (Fsp3) is 0.417. The number of hydrogen-bond acceptors (Lipinski definition) is 5. The molecule has 3 N–H and O–H groups in total. The average Bonchev–Trinajstić information content (AvgIpc) is 3.35. The second-order valence-electron chi connectivity index (χ2n) is 7.58. The van der Waals surface area contributed by atoms with Gasteiger partial charge in [0.15, 0.2) is 17.5 Å². The highest BCUT2D eigenvalue weighted by Crippen LogP contribution is 2.26. The molecule has 1 fully saturated rings. The molecule has 1 saturated heterocycles. The Morgan fingerprint density at radius 2 is 1.97 bits per heavy atom. The lowest BCUT2D eigenvalue weighted by molar-refractivity contribution is -0.124. The van der Waals surface area contributed by atoms with Gasteiger partial charge in [-0.05, 0) is 49.6 Å². The lowest BCUT2D eigenvalue weighted by Crippen LogP contribution is -2.41. The van der Waals surface area contributed by atoms with Crippen molar-refractivity contribution in [2.24, 2.45) is 4.99 Å². The number of methoxy groups -OCH3 is 1.